The van der Waals surface area contributed by atoms with Crippen LogP contribution < -0.4 is 9.64 Å². The van der Waals surface area contributed by atoms with Crippen molar-refractivity contribution in [3.63, 3.8) is 0 Å². The molecular formula is C26H31N3O3. The first-order valence-corrected chi connectivity index (χ1v) is 11.0. The van der Waals surface area contributed by atoms with Crippen molar-refractivity contribution in [1.82, 2.24) is 9.80 Å². The van der Waals surface area contributed by atoms with Crippen LogP contribution in [0.2, 0.25) is 0 Å². The number of likely N-dealkylation sites (N-methyl/N-ethyl adjacent to an activating group) is 1. The van der Waals surface area contributed by atoms with E-state index in [9.17, 15) is 9.59 Å². The van der Waals surface area contributed by atoms with Gasteiger partial charge >= 0.3 is 0 Å². The van der Waals surface area contributed by atoms with Gasteiger partial charge in [0.25, 0.3) is 11.8 Å². The number of hydrogen-bond acceptors (Lipinski definition) is 5. The number of hydrogen-bond donors (Lipinski definition) is 0. The minimum Gasteiger partial charge on any atom is -0.496 e. The zero-order valence-corrected chi connectivity index (χ0v) is 19.5. The topological polar surface area (TPSA) is 53.1 Å². The van der Waals surface area contributed by atoms with Gasteiger partial charge in [0.15, 0.2) is 0 Å². The van der Waals surface area contributed by atoms with Gasteiger partial charge in [-0.15, -0.1) is 0 Å². The molecule has 2 amide bonds. The van der Waals surface area contributed by atoms with Crippen LogP contribution in [0.25, 0.3) is 5.57 Å². The van der Waals surface area contributed by atoms with E-state index in [1.807, 2.05) is 53.4 Å². The average molecular weight is 434 g/mol. The number of rotatable bonds is 4. The van der Waals surface area contributed by atoms with Gasteiger partial charge in [-0.05, 0) is 36.2 Å². The molecule has 6 nitrogen and oxygen atoms in total. The lowest BCUT2D eigenvalue weighted by Crippen LogP contribution is -2.46. The summed E-state index contributed by atoms with van der Waals surface area (Å²) in [4.78, 5) is 33.0. The van der Waals surface area contributed by atoms with E-state index >= 15 is 0 Å². The van der Waals surface area contributed by atoms with Crippen molar-refractivity contribution < 1.29 is 14.3 Å². The molecule has 0 N–H and O–H groups in total. The molecule has 0 radical (unpaired) electrons. The standard InChI is InChI=1S/C26H31N3O3/c1-26(2,3)18-10-12-19(13-11-18)29-24(30)22(20-8-6-7-9-21(20)32-5)23(25(29)31)28-16-14-27(4)15-17-28/h6-13H,14-17H2,1-5H3. The molecule has 0 aromatic heterocycles. The summed E-state index contributed by atoms with van der Waals surface area (Å²) in [7, 11) is 3.65. The summed E-state index contributed by atoms with van der Waals surface area (Å²) in [5.41, 5.74) is 3.26. The predicted octanol–water partition coefficient (Wildman–Crippen LogP) is 3.52. The number of imide groups is 1. The molecule has 0 unspecified atom stereocenters. The molecule has 0 saturated carbocycles. The zero-order chi connectivity index (χ0) is 23.0. The van der Waals surface area contributed by atoms with Gasteiger partial charge in [-0.25, -0.2) is 4.90 Å². The van der Waals surface area contributed by atoms with Gasteiger partial charge in [0.05, 0.1) is 18.4 Å². The van der Waals surface area contributed by atoms with E-state index in [0.29, 0.717) is 41.4 Å². The zero-order valence-electron chi connectivity index (χ0n) is 19.5. The van der Waals surface area contributed by atoms with Crippen LogP contribution >= 0.6 is 0 Å². The largest absolute Gasteiger partial charge is 0.496 e. The molecule has 0 bridgehead atoms. The van der Waals surface area contributed by atoms with Gasteiger partial charge in [-0.1, -0.05) is 51.1 Å². The summed E-state index contributed by atoms with van der Waals surface area (Å²) in [5, 5.41) is 0. The van der Waals surface area contributed by atoms with Gasteiger partial charge < -0.3 is 14.5 Å². The molecule has 2 aromatic rings. The maximum atomic E-state index is 13.7. The second-order valence-electron chi connectivity index (χ2n) is 9.46. The van der Waals surface area contributed by atoms with E-state index in [4.69, 9.17) is 4.74 Å². The van der Waals surface area contributed by atoms with Crippen molar-refractivity contribution in [3.05, 3.63) is 65.4 Å². The summed E-state index contributed by atoms with van der Waals surface area (Å²) < 4.78 is 5.55. The second kappa shape index (κ2) is 8.43. The normalized spacial score (nSPS) is 18.0. The lowest BCUT2D eigenvalue weighted by atomic mass is 9.87. The Kier molecular flexibility index (Phi) is 5.82. The van der Waals surface area contributed by atoms with E-state index in [2.05, 4.69) is 32.7 Å². The number of nitrogens with zero attached hydrogens (tertiary/aromatic N) is 3. The molecule has 1 fully saturated rings. The summed E-state index contributed by atoms with van der Waals surface area (Å²) in [5.74, 6) is 0.00103. The van der Waals surface area contributed by atoms with Crippen LogP contribution in [0, 0.1) is 0 Å². The lowest BCUT2D eigenvalue weighted by Gasteiger charge is -2.34. The Bertz CT molecular complexity index is 1060. The molecule has 4 rings (SSSR count). The van der Waals surface area contributed by atoms with Crippen LogP contribution in [0.3, 0.4) is 0 Å². The Hall–Kier alpha value is -3.12. The number of para-hydroxylation sites is 1. The van der Waals surface area contributed by atoms with Crippen LogP contribution in [0.5, 0.6) is 5.75 Å². The van der Waals surface area contributed by atoms with Gasteiger partial charge in [-0.3, -0.25) is 9.59 Å². The summed E-state index contributed by atoms with van der Waals surface area (Å²) in [6.45, 7) is 9.48. The summed E-state index contributed by atoms with van der Waals surface area (Å²) in [6, 6.07) is 15.1. The van der Waals surface area contributed by atoms with Crippen molar-refractivity contribution in [2.45, 2.75) is 26.2 Å². The highest BCUT2D eigenvalue weighted by molar-refractivity contribution is 6.45. The SMILES string of the molecule is COc1ccccc1C1=C(N2CCN(C)CC2)C(=O)N(c2ccc(C(C)(C)C)cc2)C1=O. The van der Waals surface area contributed by atoms with Crippen LogP contribution in [0.15, 0.2) is 54.2 Å². The molecule has 32 heavy (non-hydrogen) atoms. The molecule has 2 aliphatic heterocycles. The van der Waals surface area contributed by atoms with E-state index in [0.717, 1.165) is 18.7 Å². The maximum absolute atomic E-state index is 13.7. The lowest BCUT2D eigenvalue weighted by molar-refractivity contribution is -0.120. The second-order valence-corrected chi connectivity index (χ2v) is 9.46. The first-order valence-electron chi connectivity index (χ1n) is 11.0. The molecular weight excluding hydrogens is 402 g/mol. The number of carbonyl (C=O) groups is 2. The smallest absolute Gasteiger partial charge is 0.282 e. The fourth-order valence-electron chi connectivity index (χ4n) is 4.28. The number of anilines is 1. The van der Waals surface area contributed by atoms with E-state index < -0.39 is 0 Å². The summed E-state index contributed by atoms with van der Waals surface area (Å²) >= 11 is 0. The minimum absolute atomic E-state index is 0.0106. The van der Waals surface area contributed by atoms with Gasteiger partial charge in [0, 0.05) is 31.7 Å². The third kappa shape index (κ3) is 3.91. The number of ether oxygens (including phenoxy) is 1. The Morgan fingerprint density at radius 3 is 2.06 bits per heavy atom. The van der Waals surface area contributed by atoms with Crippen LogP contribution in [0.4, 0.5) is 5.69 Å². The highest BCUT2D eigenvalue weighted by atomic mass is 16.5. The Morgan fingerprint density at radius 1 is 0.844 bits per heavy atom. The monoisotopic (exact) mass is 433 g/mol. The summed E-state index contributed by atoms with van der Waals surface area (Å²) in [6.07, 6.45) is 0. The van der Waals surface area contributed by atoms with Crippen molar-refractivity contribution >= 4 is 23.1 Å². The van der Waals surface area contributed by atoms with Crippen molar-refractivity contribution in [1.29, 1.82) is 0 Å². The Morgan fingerprint density at radius 2 is 1.47 bits per heavy atom. The third-order valence-electron chi connectivity index (χ3n) is 6.25. The van der Waals surface area contributed by atoms with Crippen LogP contribution in [-0.2, 0) is 15.0 Å². The molecule has 1 saturated heterocycles. The fourth-order valence-corrected chi connectivity index (χ4v) is 4.28. The maximum Gasteiger partial charge on any atom is 0.282 e. The number of carbonyl (C=O) groups excluding carboxylic acids is 2. The number of amides is 2. The quantitative estimate of drug-likeness (QED) is 0.691. The molecule has 0 atom stereocenters. The van der Waals surface area contributed by atoms with Gasteiger partial charge in [0.1, 0.15) is 11.4 Å². The Labute approximate surface area is 190 Å². The van der Waals surface area contributed by atoms with Crippen LogP contribution in [-0.4, -0.2) is 62.0 Å². The average Bonchev–Trinajstić information content (AvgIpc) is 3.03. The fraction of sp³-hybridized carbons (Fsp3) is 0.385. The molecule has 0 spiro atoms. The Balaban J connectivity index is 1.80. The number of methoxy groups -OCH3 is 1. The third-order valence-corrected chi connectivity index (χ3v) is 6.25. The highest BCUT2D eigenvalue weighted by Crippen LogP contribution is 2.39. The molecule has 2 aliphatic rings. The molecule has 0 aliphatic carbocycles. The number of benzene rings is 2. The minimum atomic E-state index is -0.308. The molecule has 2 aromatic carbocycles. The van der Waals surface area contributed by atoms with E-state index in [-0.39, 0.29) is 17.2 Å². The molecule has 168 valence electrons. The number of piperazine rings is 1. The molecule has 6 heteroatoms. The predicted molar refractivity (Wildman–Crippen MR) is 127 cm³/mol. The van der Waals surface area contributed by atoms with Gasteiger partial charge in [0.2, 0.25) is 0 Å². The first-order chi connectivity index (χ1) is 15.2. The molecule has 2 heterocycles. The van der Waals surface area contributed by atoms with E-state index in [1.165, 1.54) is 4.90 Å². The van der Waals surface area contributed by atoms with Crippen molar-refractivity contribution in [3.8, 4) is 5.75 Å². The highest BCUT2D eigenvalue weighted by Gasteiger charge is 2.43. The van der Waals surface area contributed by atoms with Crippen LogP contribution in [0.1, 0.15) is 31.9 Å². The van der Waals surface area contributed by atoms with Gasteiger partial charge in [-0.2, -0.15) is 0 Å². The van der Waals surface area contributed by atoms with Crippen molar-refractivity contribution in [2.75, 3.05) is 45.2 Å². The van der Waals surface area contributed by atoms with E-state index in [1.54, 1.807) is 7.11 Å². The van der Waals surface area contributed by atoms with Crippen molar-refractivity contribution in [2.24, 2.45) is 0 Å². The first kappa shape index (κ1) is 22.1.